The summed E-state index contributed by atoms with van der Waals surface area (Å²) in [5.74, 6) is 0.286. The van der Waals surface area contributed by atoms with Crippen molar-refractivity contribution in [2.24, 2.45) is 22.2 Å². The predicted molar refractivity (Wildman–Crippen MR) is 290 cm³/mol. The summed E-state index contributed by atoms with van der Waals surface area (Å²) >= 11 is 0. The van der Waals surface area contributed by atoms with Crippen LogP contribution in [0.25, 0.3) is 0 Å². The molecule has 0 bridgehead atoms. The molecule has 0 radical (unpaired) electrons. The molecule has 9 unspecified atom stereocenters. The first-order valence-corrected chi connectivity index (χ1v) is 33.2. The van der Waals surface area contributed by atoms with Gasteiger partial charge in [-0.3, -0.25) is 0 Å². The number of hydrogen-bond donors (Lipinski definition) is 0. The van der Waals surface area contributed by atoms with Gasteiger partial charge in [0, 0.05) is 46.2 Å². The lowest BCUT2D eigenvalue weighted by molar-refractivity contribution is -0.205. The third-order valence-electron chi connectivity index (χ3n) is 19.4. The zero-order valence-electron chi connectivity index (χ0n) is 47.8. The molecule has 15 heteroatoms. The minimum absolute atomic E-state index is 0.115. The average Bonchev–Trinajstić information content (AvgIpc) is 4.21. The molecule has 432 valence electrons. The summed E-state index contributed by atoms with van der Waals surface area (Å²) in [6.07, 6.45) is 19.6. The first-order chi connectivity index (χ1) is 36.3. The van der Waals surface area contributed by atoms with Crippen LogP contribution in [0.4, 0.5) is 0 Å². The van der Waals surface area contributed by atoms with Gasteiger partial charge in [-0.2, -0.15) is 0 Å². The Kier molecular flexibility index (Phi) is 26.2. The van der Waals surface area contributed by atoms with Gasteiger partial charge in [0.2, 0.25) is 0 Å². The Labute approximate surface area is 450 Å². The van der Waals surface area contributed by atoms with Crippen molar-refractivity contribution in [3.63, 3.8) is 0 Å². The Hall–Kier alpha value is -0.343. The van der Waals surface area contributed by atoms with E-state index in [-0.39, 0.29) is 64.5 Å². The number of unbranched alkanes of at least 4 members (excludes halogenated alkanes) is 6. The molecule has 0 aromatic rings. The molecule has 7 aliphatic rings. The van der Waals surface area contributed by atoms with Crippen molar-refractivity contribution in [2.75, 3.05) is 139 Å². The summed E-state index contributed by atoms with van der Waals surface area (Å²) in [5, 5.41) is -0.115. The summed E-state index contributed by atoms with van der Waals surface area (Å²) in [6, 6.07) is 3.75. The Morgan fingerprint density at radius 3 is 1.00 bits per heavy atom. The Bertz CT molecular complexity index is 1430. The van der Waals surface area contributed by atoms with Crippen molar-refractivity contribution >= 4 is 8.07 Å². The van der Waals surface area contributed by atoms with Crippen LogP contribution < -0.4 is 0 Å². The van der Waals surface area contributed by atoms with E-state index >= 15 is 0 Å². The second-order valence-corrected chi connectivity index (χ2v) is 29.2. The second-order valence-electron chi connectivity index (χ2n) is 23.8. The van der Waals surface area contributed by atoms with Crippen LogP contribution >= 0.6 is 0 Å². The number of hydrogen-bond acceptors (Lipinski definition) is 14. The molecule has 0 aliphatic carbocycles. The zero-order valence-corrected chi connectivity index (χ0v) is 48.8. The maximum absolute atomic E-state index is 7.06. The van der Waals surface area contributed by atoms with E-state index in [9.17, 15) is 0 Å². The monoisotopic (exact) mass is 1070 g/mol. The highest BCUT2D eigenvalue weighted by atomic mass is 28.3. The van der Waals surface area contributed by atoms with Gasteiger partial charge in [0.1, 0.15) is 42.7 Å². The lowest BCUT2D eigenvalue weighted by Gasteiger charge is -2.73. The van der Waals surface area contributed by atoms with Crippen molar-refractivity contribution in [1.82, 2.24) is 0 Å². The molecule has 74 heavy (non-hydrogen) atoms. The largest absolute Gasteiger partial charge is 0.379 e. The number of rotatable bonds is 53. The molecule has 9 atom stereocenters. The average molecular weight is 1070 g/mol. The minimum atomic E-state index is -2.39. The highest BCUT2D eigenvalue weighted by Gasteiger charge is 2.72. The Morgan fingerprint density at radius 1 is 0.378 bits per heavy atom. The molecule has 14 nitrogen and oxygen atoms in total. The van der Waals surface area contributed by atoms with E-state index in [0.29, 0.717) is 92.5 Å². The van der Waals surface area contributed by atoms with Crippen LogP contribution in [0, 0.1) is 22.2 Å². The molecule has 7 fully saturated rings. The topological polar surface area (TPSA) is 152 Å². The molecule has 7 rings (SSSR count). The number of epoxide rings is 7. The van der Waals surface area contributed by atoms with E-state index in [4.69, 9.17) is 66.3 Å². The first kappa shape index (κ1) is 61.3. The van der Waals surface area contributed by atoms with E-state index in [1.807, 2.05) is 0 Å². The maximum Gasteiger partial charge on any atom is 0.104 e. The van der Waals surface area contributed by atoms with Crippen LogP contribution in [0.1, 0.15) is 151 Å². The van der Waals surface area contributed by atoms with Crippen LogP contribution in [-0.2, 0) is 66.3 Å². The van der Waals surface area contributed by atoms with Gasteiger partial charge in [0.25, 0.3) is 0 Å². The SMILES string of the molecule is CCCCCCC(CCOCC1CO1)(C(CCOCC1CO1)(CCOCC1CO1)C(CCOCC1CO1)(CCOCC1CO1)C(CCOCC1CO1)(CCOCC1CO1)C(C)CC)[Si](CC)(CC)CCCCCC. The predicted octanol–water partition coefficient (Wildman–Crippen LogP) is 10.4. The van der Waals surface area contributed by atoms with Crippen LogP contribution in [0.15, 0.2) is 0 Å². The molecule has 7 aliphatic heterocycles. The van der Waals surface area contributed by atoms with E-state index in [0.717, 1.165) is 104 Å². The fourth-order valence-corrected chi connectivity index (χ4v) is 21.2. The normalized spacial score (nSPS) is 28.2. The van der Waals surface area contributed by atoms with Gasteiger partial charge in [0.15, 0.2) is 0 Å². The highest BCUT2D eigenvalue weighted by Crippen LogP contribution is 2.78. The summed E-state index contributed by atoms with van der Waals surface area (Å²) < 4.78 is 89.6. The van der Waals surface area contributed by atoms with Gasteiger partial charge in [-0.15, -0.1) is 0 Å². The van der Waals surface area contributed by atoms with Crippen molar-refractivity contribution in [3.8, 4) is 0 Å². The standard InChI is InChI=1S/C59H108O14Si/c1-7-12-14-16-18-59(25-32-66-40-55-47-73-55,74(10-4,11-5)33-17-15-13-8-2)58(23-30-64-38-53-45-71-53,24-31-65-39-54-46-72-54)57(21-28-62-36-51-43-69-51,22-29-63-37-52-44-70-52)56(48(6)9-3,19-26-60-34-49-41-67-49)20-27-61-35-50-42-68-50/h48-55H,7-47H2,1-6H3. The van der Waals surface area contributed by atoms with Gasteiger partial charge in [-0.05, 0) is 78.6 Å². The quantitative estimate of drug-likeness (QED) is 0.0323. The molecule has 0 spiro atoms. The summed E-state index contributed by atoms with van der Waals surface area (Å²) in [7, 11) is -2.39. The van der Waals surface area contributed by atoms with E-state index in [1.165, 1.54) is 69.5 Å². The van der Waals surface area contributed by atoms with Gasteiger partial charge in [-0.1, -0.05) is 117 Å². The fraction of sp³-hybridized carbons (Fsp3) is 1.00. The van der Waals surface area contributed by atoms with Crippen molar-refractivity contribution in [1.29, 1.82) is 0 Å². The van der Waals surface area contributed by atoms with Crippen LogP contribution in [0.2, 0.25) is 23.2 Å². The molecule has 7 heterocycles. The lowest BCUT2D eigenvalue weighted by Crippen LogP contribution is -2.68. The summed E-state index contributed by atoms with van der Waals surface area (Å²) in [6.45, 7) is 29.2. The van der Waals surface area contributed by atoms with Crippen LogP contribution in [0.5, 0.6) is 0 Å². The summed E-state index contributed by atoms with van der Waals surface area (Å²) in [4.78, 5) is 0. The van der Waals surface area contributed by atoms with Crippen molar-refractivity contribution in [3.05, 3.63) is 0 Å². The van der Waals surface area contributed by atoms with Crippen LogP contribution in [-0.4, -0.2) is 190 Å². The van der Waals surface area contributed by atoms with E-state index in [1.54, 1.807) is 0 Å². The van der Waals surface area contributed by atoms with Gasteiger partial charge in [-0.25, -0.2) is 0 Å². The number of ether oxygens (including phenoxy) is 14. The third kappa shape index (κ3) is 18.1. The minimum Gasteiger partial charge on any atom is -0.379 e. The van der Waals surface area contributed by atoms with Gasteiger partial charge >= 0.3 is 0 Å². The third-order valence-corrected chi connectivity index (χ3v) is 26.4. The molecule has 0 saturated carbocycles. The molecule has 0 aromatic heterocycles. The van der Waals surface area contributed by atoms with Crippen molar-refractivity contribution < 1.29 is 66.3 Å². The highest BCUT2D eigenvalue weighted by molar-refractivity contribution is 6.82. The molecule has 0 aromatic carbocycles. The smallest absolute Gasteiger partial charge is 0.104 e. The van der Waals surface area contributed by atoms with Gasteiger partial charge < -0.3 is 66.3 Å². The molecule has 0 amide bonds. The Balaban J connectivity index is 1.51. The molecule has 0 N–H and O–H groups in total. The zero-order chi connectivity index (χ0) is 52.0. The first-order valence-electron chi connectivity index (χ1n) is 30.6. The van der Waals surface area contributed by atoms with E-state index in [2.05, 4.69) is 41.5 Å². The molecular formula is C59H108O14Si. The maximum atomic E-state index is 7.06. The molecular weight excluding hydrogens is 961 g/mol. The van der Waals surface area contributed by atoms with Crippen LogP contribution in [0.3, 0.4) is 0 Å². The van der Waals surface area contributed by atoms with Gasteiger partial charge in [0.05, 0.1) is 101 Å². The van der Waals surface area contributed by atoms with Crippen molar-refractivity contribution in [2.45, 2.75) is 217 Å². The lowest BCUT2D eigenvalue weighted by atomic mass is 9.38. The molecule has 7 saturated heterocycles. The fourth-order valence-electron chi connectivity index (χ4n) is 14.4. The second kappa shape index (κ2) is 31.6. The Morgan fingerprint density at radius 2 is 0.689 bits per heavy atom. The van der Waals surface area contributed by atoms with E-state index < -0.39 is 13.5 Å². The summed E-state index contributed by atoms with van der Waals surface area (Å²) in [5.41, 5.74) is -1.07.